The van der Waals surface area contributed by atoms with Crippen LogP contribution in [0.1, 0.15) is 5.56 Å². The fraction of sp³-hybridized carbons (Fsp3) is 0.0667. The van der Waals surface area contributed by atoms with Gasteiger partial charge in [-0.2, -0.15) is 10.2 Å². The third-order valence-electron chi connectivity index (χ3n) is 2.89. The van der Waals surface area contributed by atoms with Crippen LogP contribution < -0.4 is 0 Å². The Morgan fingerprint density at radius 1 is 1.05 bits per heavy atom. The number of halogens is 2. The van der Waals surface area contributed by atoms with Crippen molar-refractivity contribution in [3.05, 3.63) is 63.5 Å². The lowest BCUT2D eigenvalue weighted by molar-refractivity contribution is 0.971. The van der Waals surface area contributed by atoms with Gasteiger partial charge in [-0.1, -0.05) is 41.4 Å². The summed E-state index contributed by atoms with van der Waals surface area (Å²) in [4.78, 5) is 0. The summed E-state index contributed by atoms with van der Waals surface area (Å²) in [6, 6.07) is 13.4. The van der Waals surface area contributed by atoms with Crippen molar-refractivity contribution >= 4 is 50.3 Å². The SMILES string of the molecule is Clc1ccc(Cl)c(N=NCc2csc3ccccc23)c1. The Bertz CT molecular complexity index is 780. The molecule has 100 valence electrons. The number of nitrogens with zero attached hydrogens (tertiary/aromatic N) is 2. The molecule has 0 N–H and O–H groups in total. The smallest absolute Gasteiger partial charge is 0.105 e. The minimum absolute atomic E-state index is 0.535. The van der Waals surface area contributed by atoms with E-state index in [0.29, 0.717) is 22.3 Å². The summed E-state index contributed by atoms with van der Waals surface area (Å²) < 4.78 is 1.26. The van der Waals surface area contributed by atoms with Gasteiger partial charge in [0.25, 0.3) is 0 Å². The Kier molecular flexibility index (Phi) is 4.01. The molecule has 0 atom stereocenters. The first kappa shape index (κ1) is 13.6. The first-order chi connectivity index (χ1) is 9.74. The van der Waals surface area contributed by atoms with Gasteiger partial charge < -0.3 is 0 Å². The summed E-state index contributed by atoms with van der Waals surface area (Å²) in [5, 5.41) is 12.9. The predicted octanol–water partition coefficient (Wildman–Crippen LogP) is 6.49. The molecule has 2 aromatic carbocycles. The molecule has 1 heterocycles. The Morgan fingerprint density at radius 2 is 1.90 bits per heavy atom. The molecule has 2 nitrogen and oxygen atoms in total. The topological polar surface area (TPSA) is 24.7 Å². The Morgan fingerprint density at radius 3 is 2.80 bits per heavy atom. The van der Waals surface area contributed by atoms with E-state index in [0.717, 1.165) is 0 Å². The van der Waals surface area contributed by atoms with E-state index >= 15 is 0 Å². The van der Waals surface area contributed by atoms with E-state index in [1.807, 2.05) is 12.1 Å². The molecule has 0 saturated heterocycles. The second kappa shape index (κ2) is 5.92. The summed E-state index contributed by atoms with van der Waals surface area (Å²) in [7, 11) is 0. The van der Waals surface area contributed by atoms with E-state index in [-0.39, 0.29) is 0 Å². The van der Waals surface area contributed by atoms with E-state index in [1.54, 1.807) is 29.5 Å². The lowest BCUT2D eigenvalue weighted by atomic mass is 10.2. The first-order valence-electron chi connectivity index (χ1n) is 6.02. The van der Waals surface area contributed by atoms with Gasteiger partial charge in [0.2, 0.25) is 0 Å². The fourth-order valence-electron chi connectivity index (χ4n) is 1.91. The van der Waals surface area contributed by atoms with Gasteiger partial charge >= 0.3 is 0 Å². The normalized spacial score (nSPS) is 11.5. The van der Waals surface area contributed by atoms with Crippen molar-refractivity contribution in [3.63, 3.8) is 0 Å². The summed E-state index contributed by atoms with van der Waals surface area (Å²) in [5.74, 6) is 0. The highest BCUT2D eigenvalue weighted by Crippen LogP contribution is 2.30. The molecule has 0 unspecified atom stereocenters. The average Bonchev–Trinajstić information content (AvgIpc) is 2.86. The standard InChI is InChI=1S/C15H10Cl2N2S/c16-11-5-6-13(17)14(7-11)19-18-8-10-9-20-15-4-2-1-3-12(10)15/h1-7,9H,8H2. The first-order valence-corrected chi connectivity index (χ1v) is 7.65. The molecule has 0 aliphatic carbocycles. The number of benzene rings is 2. The van der Waals surface area contributed by atoms with Crippen molar-refractivity contribution in [3.8, 4) is 0 Å². The minimum Gasteiger partial charge on any atom is -0.184 e. The maximum Gasteiger partial charge on any atom is 0.105 e. The van der Waals surface area contributed by atoms with Crippen LogP contribution >= 0.6 is 34.5 Å². The van der Waals surface area contributed by atoms with Crippen LogP contribution in [-0.2, 0) is 6.54 Å². The second-order valence-corrected chi connectivity index (χ2v) is 6.01. The molecular formula is C15H10Cl2N2S. The highest BCUT2D eigenvalue weighted by molar-refractivity contribution is 7.17. The Balaban J connectivity index is 1.82. The van der Waals surface area contributed by atoms with Crippen molar-refractivity contribution in [2.75, 3.05) is 0 Å². The van der Waals surface area contributed by atoms with E-state index in [1.165, 1.54) is 15.6 Å². The molecule has 0 bridgehead atoms. The summed E-state index contributed by atoms with van der Waals surface area (Å²) in [5.41, 5.74) is 1.77. The maximum atomic E-state index is 6.04. The largest absolute Gasteiger partial charge is 0.184 e. The zero-order valence-electron chi connectivity index (χ0n) is 10.4. The monoisotopic (exact) mass is 320 g/mol. The number of fused-ring (bicyclic) bond motifs is 1. The van der Waals surface area contributed by atoms with Crippen LogP contribution in [0.2, 0.25) is 10.0 Å². The van der Waals surface area contributed by atoms with E-state index in [4.69, 9.17) is 23.2 Å². The summed E-state index contributed by atoms with van der Waals surface area (Å²) in [6.07, 6.45) is 0. The van der Waals surface area contributed by atoms with Crippen molar-refractivity contribution in [2.45, 2.75) is 6.54 Å². The van der Waals surface area contributed by atoms with Gasteiger partial charge in [-0.05, 0) is 40.6 Å². The molecule has 1 aromatic heterocycles. The van der Waals surface area contributed by atoms with Crippen LogP contribution in [0.25, 0.3) is 10.1 Å². The van der Waals surface area contributed by atoms with Gasteiger partial charge in [0.15, 0.2) is 0 Å². The number of thiophene rings is 1. The fourth-order valence-corrected chi connectivity index (χ4v) is 3.18. The molecule has 0 spiro atoms. The van der Waals surface area contributed by atoms with Gasteiger partial charge in [0, 0.05) is 9.72 Å². The van der Waals surface area contributed by atoms with Crippen LogP contribution in [0.3, 0.4) is 0 Å². The molecule has 0 aliphatic heterocycles. The molecule has 0 amide bonds. The summed E-state index contributed by atoms with van der Waals surface area (Å²) in [6.45, 7) is 0.535. The second-order valence-electron chi connectivity index (χ2n) is 4.25. The Hall–Kier alpha value is -1.42. The third kappa shape index (κ3) is 2.85. The van der Waals surface area contributed by atoms with Crippen LogP contribution in [0.15, 0.2) is 58.1 Å². The van der Waals surface area contributed by atoms with E-state index in [9.17, 15) is 0 Å². The van der Waals surface area contributed by atoms with Gasteiger partial charge in [-0.3, -0.25) is 0 Å². The lowest BCUT2D eigenvalue weighted by Gasteiger charge is -1.97. The zero-order chi connectivity index (χ0) is 13.9. The quantitative estimate of drug-likeness (QED) is 0.492. The molecule has 0 radical (unpaired) electrons. The van der Waals surface area contributed by atoms with Crippen molar-refractivity contribution in [1.82, 2.24) is 0 Å². The number of rotatable bonds is 3. The number of hydrogen-bond donors (Lipinski definition) is 0. The molecular weight excluding hydrogens is 311 g/mol. The predicted molar refractivity (Wildman–Crippen MR) is 86.5 cm³/mol. The van der Waals surface area contributed by atoms with Crippen LogP contribution in [0.5, 0.6) is 0 Å². The van der Waals surface area contributed by atoms with Gasteiger partial charge in [0.05, 0.1) is 11.6 Å². The van der Waals surface area contributed by atoms with E-state index in [2.05, 4.69) is 27.7 Å². The molecule has 3 rings (SSSR count). The zero-order valence-corrected chi connectivity index (χ0v) is 12.7. The van der Waals surface area contributed by atoms with Crippen LogP contribution in [0, 0.1) is 0 Å². The van der Waals surface area contributed by atoms with Gasteiger partial charge in [0.1, 0.15) is 5.69 Å². The molecule has 5 heteroatoms. The Labute approximate surface area is 130 Å². The van der Waals surface area contributed by atoms with Gasteiger partial charge in [-0.15, -0.1) is 11.3 Å². The molecule has 0 fully saturated rings. The minimum atomic E-state index is 0.535. The highest BCUT2D eigenvalue weighted by Gasteiger charge is 2.03. The van der Waals surface area contributed by atoms with Crippen LogP contribution in [0.4, 0.5) is 5.69 Å². The lowest BCUT2D eigenvalue weighted by Crippen LogP contribution is -1.77. The maximum absolute atomic E-state index is 6.04. The highest BCUT2D eigenvalue weighted by atomic mass is 35.5. The number of hydrogen-bond acceptors (Lipinski definition) is 3. The summed E-state index contributed by atoms with van der Waals surface area (Å²) >= 11 is 13.7. The molecule has 0 aliphatic rings. The van der Waals surface area contributed by atoms with E-state index < -0.39 is 0 Å². The van der Waals surface area contributed by atoms with Crippen molar-refractivity contribution in [2.24, 2.45) is 10.2 Å². The van der Waals surface area contributed by atoms with Gasteiger partial charge in [-0.25, -0.2) is 0 Å². The van der Waals surface area contributed by atoms with Crippen molar-refractivity contribution in [1.29, 1.82) is 0 Å². The average molecular weight is 321 g/mol. The molecule has 0 saturated carbocycles. The molecule has 3 aromatic rings. The van der Waals surface area contributed by atoms with Crippen LogP contribution in [-0.4, -0.2) is 0 Å². The third-order valence-corrected chi connectivity index (χ3v) is 4.46. The number of azo groups is 1. The molecule has 20 heavy (non-hydrogen) atoms. The van der Waals surface area contributed by atoms with Crippen molar-refractivity contribution < 1.29 is 0 Å².